The fourth-order valence-corrected chi connectivity index (χ4v) is 10.9. The van der Waals surface area contributed by atoms with Crippen molar-refractivity contribution in [2.24, 2.45) is 22.4 Å². The number of urea groups is 1. The fourth-order valence-electron chi connectivity index (χ4n) is 9.51. The molecule has 4 atom stereocenters. The number of esters is 2. The van der Waals surface area contributed by atoms with Crippen LogP contribution in [0.4, 0.5) is 27.5 Å². The molecule has 0 saturated carbocycles. The van der Waals surface area contributed by atoms with E-state index in [-0.39, 0.29) is 70.0 Å². The lowest BCUT2D eigenvalue weighted by atomic mass is 9.85. The monoisotopic (exact) mass is 1140 g/mol. The van der Waals surface area contributed by atoms with Gasteiger partial charge in [-0.25, -0.2) is 37.8 Å². The van der Waals surface area contributed by atoms with Crippen molar-refractivity contribution in [1.82, 2.24) is 35.5 Å². The number of carboxylic acids is 1. The highest BCUT2D eigenvalue weighted by molar-refractivity contribution is 7.92. The van der Waals surface area contributed by atoms with E-state index in [9.17, 15) is 42.3 Å². The number of H-pyrrole nitrogens is 1. The molecule has 3 aromatic heterocycles. The van der Waals surface area contributed by atoms with Crippen molar-refractivity contribution in [3.8, 4) is 11.4 Å². The molecule has 9 rings (SSSR count). The Balaban J connectivity index is 0.852. The first-order chi connectivity index (χ1) is 38.7. The summed E-state index contributed by atoms with van der Waals surface area (Å²) < 4.78 is 42.3. The number of aromatic amines is 1. The van der Waals surface area contributed by atoms with Gasteiger partial charge in [0, 0.05) is 51.9 Å². The van der Waals surface area contributed by atoms with Gasteiger partial charge in [0.2, 0.25) is 11.5 Å². The number of guanidine groups is 1. The number of anilines is 3. The van der Waals surface area contributed by atoms with Gasteiger partial charge < -0.3 is 62.2 Å². The van der Waals surface area contributed by atoms with Crippen LogP contribution in [0.25, 0.3) is 22.3 Å². The number of aliphatic carboxylic acids is 1. The normalized spacial score (nSPS) is 15.3. The zero-order chi connectivity index (χ0) is 57.8. The Bertz CT molecular complexity index is 3830. The lowest BCUT2D eigenvalue weighted by Crippen LogP contribution is -2.56. The van der Waals surface area contributed by atoms with Crippen LogP contribution in [0, 0.1) is 5.92 Å². The average molecular weight is 1140 g/mol. The molecule has 3 amide bonds. The molecule has 26 heteroatoms. The average Bonchev–Trinajstić information content (AvgIpc) is 3.95. The molecule has 4 aromatic carbocycles. The highest BCUT2D eigenvalue weighted by atomic mass is 32.2. The number of imidazole rings is 1. The number of benzene rings is 4. The van der Waals surface area contributed by atoms with E-state index in [2.05, 4.69) is 46.3 Å². The molecule has 5 heterocycles. The molecule has 0 fully saturated rings. The Kier molecular flexibility index (Phi) is 16.1. The van der Waals surface area contributed by atoms with Crippen LogP contribution in [0.15, 0.2) is 136 Å². The number of pyridine rings is 2. The molecule has 2 aliphatic rings. The fraction of sp³-hybridized carbons (Fsp3) is 0.236. The van der Waals surface area contributed by atoms with Crippen molar-refractivity contribution >= 4 is 96.8 Å². The summed E-state index contributed by atoms with van der Waals surface area (Å²) in [4.78, 5) is 97.8. The van der Waals surface area contributed by atoms with Crippen molar-refractivity contribution < 1.29 is 47.0 Å². The largest absolute Gasteiger partial charge is 0.481 e. The van der Waals surface area contributed by atoms with Crippen molar-refractivity contribution in [3.05, 3.63) is 160 Å². The van der Waals surface area contributed by atoms with Crippen molar-refractivity contribution in [3.63, 3.8) is 0 Å². The number of ether oxygens (including phenoxy) is 2. The van der Waals surface area contributed by atoms with E-state index in [0.717, 1.165) is 16.5 Å². The molecule has 24 nitrogen and oxygen atoms in total. The second kappa shape index (κ2) is 23.3. The van der Waals surface area contributed by atoms with E-state index in [4.69, 9.17) is 38.1 Å². The number of sulfonamides is 1. The van der Waals surface area contributed by atoms with Gasteiger partial charge in [-0.3, -0.25) is 19.1 Å². The van der Waals surface area contributed by atoms with Crippen LogP contribution in [0.3, 0.4) is 0 Å². The zero-order valence-corrected chi connectivity index (χ0v) is 45.3. The Morgan fingerprint density at radius 1 is 0.914 bits per heavy atom. The number of aromatic nitrogens is 4. The number of nitrogens with two attached hydrogens (primary N) is 2. The minimum absolute atomic E-state index is 0.00772. The van der Waals surface area contributed by atoms with E-state index in [0.29, 0.717) is 28.5 Å². The Morgan fingerprint density at radius 3 is 2.36 bits per heavy atom. The van der Waals surface area contributed by atoms with Gasteiger partial charge in [0.1, 0.15) is 18.7 Å². The number of rotatable bonds is 19. The number of nitrogens with one attached hydrogen (secondary N) is 7. The summed E-state index contributed by atoms with van der Waals surface area (Å²) >= 11 is 5.66. The SMILES string of the molecule is CC[C@@]1(OC(=O)[C@@H](NC(=O)[C@H](Cc2cnc[nH]2)NC(=S)Nc2ccc(NC(=O)NC(CC(=O)O)c3cccc(NS(=O)(=O)c4cccc(N=C(N)N)c4)c3)cc2)C(C)C)C(=O)OCc2c1cc1n(c2=O)Cc2cc3ccccc3nc2-1. The number of cyclic esters (lactones) is 1. The van der Waals surface area contributed by atoms with E-state index in [1.165, 1.54) is 73.2 Å². The summed E-state index contributed by atoms with van der Waals surface area (Å²) in [6.45, 7) is 4.95. The maximum absolute atomic E-state index is 14.5. The van der Waals surface area contributed by atoms with E-state index in [1.807, 2.05) is 30.3 Å². The number of carbonyl (C=O) groups is 5. The second-order valence-electron chi connectivity index (χ2n) is 19.4. The predicted octanol–water partition coefficient (Wildman–Crippen LogP) is 5.14. The summed E-state index contributed by atoms with van der Waals surface area (Å²) in [6.07, 6.45) is 2.32. The maximum Gasteiger partial charge on any atom is 0.355 e. The number of thiocarbonyl (C=S) groups is 1. The van der Waals surface area contributed by atoms with Crippen LogP contribution >= 0.6 is 12.2 Å². The van der Waals surface area contributed by atoms with Crippen LogP contribution in [-0.4, -0.2) is 86.0 Å². The molecule has 12 N–H and O–H groups in total. The quantitative estimate of drug-likeness (QED) is 0.0217. The van der Waals surface area contributed by atoms with Gasteiger partial charge in [-0.1, -0.05) is 57.2 Å². The third kappa shape index (κ3) is 12.5. The summed E-state index contributed by atoms with van der Waals surface area (Å²) in [5, 5.41) is 24.7. The van der Waals surface area contributed by atoms with Gasteiger partial charge in [-0.2, -0.15) is 0 Å². The number of aliphatic imine (C=N–C) groups is 1. The lowest BCUT2D eigenvalue weighted by Gasteiger charge is -2.37. The first-order valence-corrected chi connectivity index (χ1v) is 27.2. The van der Waals surface area contributed by atoms with E-state index < -0.39 is 81.5 Å². The van der Waals surface area contributed by atoms with Crippen molar-refractivity contribution in [1.29, 1.82) is 0 Å². The molecule has 81 heavy (non-hydrogen) atoms. The van der Waals surface area contributed by atoms with Gasteiger partial charge in [0.05, 0.1) is 58.4 Å². The highest BCUT2D eigenvalue weighted by Gasteiger charge is 2.51. The number of hydrogen-bond acceptors (Lipinski definition) is 14. The third-order valence-electron chi connectivity index (χ3n) is 13.5. The molecule has 0 radical (unpaired) electrons. The van der Waals surface area contributed by atoms with Gasteiger partial charge in [-0.05, 0) is 103 Å². The van der Waals surface area contributed by atoms with Crippen molar-refractivity contribution in [2.45, 2.75) is 81.8 Å². The Hall–Kier alpha value is -9.69. The number of hydrogen-bond donors (Lipinski definition) is 10. The standard InChI is InChI=1S/C55H55N13O11S2/c1-4-55(40-23-44-47-32(19-30-9-5-6-14-41(30)63-47)26-68(44)49(72)39(40)27-78-51(55)74)79-50(73)46(29(2)3)66-48(71)43(22-37-25-58-28-59-37)65-54(80)62-34-17-15-33(16-18-34)61-53(75)64-42(24-45(69)70)31-10-7-12-36(20-31)67-81(76,77)38-13-8-11-35(21-38)60-52(56)57/h5-21,23,25,28-29,42-43,46,67H,4,22,24,26-27H2,1-3H3,(H,58,59)(H,66,71)(H,69,70)(H4,56,57,60)(H2,61,64,75)(H2,62,65,80)/t42?,43-,46-,55-/m0/s1. The van der Waals surface area contributed by atoms with Gasteiger partial charge >= 0.3 is 23.9 Å². The molecule has 2 aliphatic heterocycles. The number of amides is 3. The summed E-state index contributed by atoms with van der Waals surface area (Å²) in [6, 6.07) is 24.6. The van der Waals surface area contributed by atoms with Crippen LogP contribution in [0.5, 0.6) is 0 Å². The van der Waals surface area contributed by atoms with E-state index in [1.54, 1.807) is 43.5 Å². The molecule has 0 aliphatic carbocycles. The smallest absolute Gasteiger partial charge is 0.355 e. The minimum Gasteiger partial charge on any atom is -0.481 e. The maximum atomic E-state index is 14.5. The molecule has 7 aromatic rings. The Labute approximate surface area is 468 Å². The molecule has 0 spiro atoms. The molecular formula is C55H55N13O11S2. The van der Waals surface area contributed by atoms with Crippen LogP contribution < -0.4 is 48.3 Å². The van der Waals surface area contributed by atoms with Crippen LogP contribution in [0.1, 0.15) is 67.6 Å². The number of nitrogens with zero attached hydrogens (tertiary/aromatic N) is 4. The van der Waals surface area contributed by atoms with Gasteiger partial charge in [0.15, 0.2) is 11.1 Å². The number of para-hydroxylation sites is 1. The first-order valence-electron chi connectivity index (χ1n) is 25.3. The zero-order valence-electron chi connectivity index (χ0n) is 43.7. The first kappa shape index (κ1) is 56.0. The van der Waals surface area contributed by atoms with Gasteiger partial charge in [-0.15, -0.1) is 0 Å². The summed E-state index contributed by atoms with van der Waals surface area (Å²) in [7, 11) is -4.16. The number of fused-ring (bicyclic) bond motifs is 5. The predicted molar refractivity (Wildman–Crippen MR) is 303 cm³/mol. The third-order valence-corrected chi connectivity index (χ3v) is 15.1. The Morgan fingerprint density at radius 2 is 1.65 bits per heavy atom. The van der Waals surface area contributed by atoms with Crippen molar-refractivity contribution in [2.75, 3.05) is 15.4 Å². The second-order valence-corrected chi connectivity index (χ2v) is 21.5. The van der Waals surface area contributed by atoms with Crippen LogP contribution in [-0.2, 0) is 63.8 Å². The minimum atomic E-state index is -4.16. The van der Waals surface area contributed by atoms with Crippen LogP contribution in [0.2, 0.25) is 0 Å². The lowest BCUT2D eigenvalue weighted by molar-refractivity contribution is -0.191. The molecule has 418 valence electrons. The van der Waals surface area contributed by atoms with Gasteiger partial charge in [0.25, 0.3) is 15.6 Å². The topological polar surface area (TPSA) is 358 Å². The highest BCUT2D eigenvalue weighted by Crippen LogP contribution is 2.41. The number of carbonyl (C=O) groups excluding carboxylic acids is 4. The molecule has 0 bridgehead atoms. The molecule has 0 saturated heterocycles. The molecule has 1 unspecified atom stereocenters. The summed E-state index contributed by atoms with van der Waals surface area (Å²) in [5.74, 6) is -4.56. The molecular weight excluding hydrogens is 1080 g/mol. The number of carboxylic acid groups (broad SMARTS) is 1. The summed E-state index contributed by atoms with van der Waals surface area (Å²) in [5.41, 5.74) is 13.2. The van der Waals surface area contributed by atoms with E-state index >= 15 is 0 Å².